The van der Waals surface area contributed by atoms with Crippen molar-refractivity contribution in [2.75, 3.05) is 6.54 Å². The SMILES string of the molecule is C=CC(=O)C[C@H](C)C(=O)N1CC(OC(=O)N2Cc3cccc(F)c3C2)CC1C(=O)C[C@]1(C(=O)NS(=O)(=O)C2CC2)C[C@H]1C=C. The summed E-state index contributed by atoms with van der Waals surface area (Å²) in [5.74, 6) is -3.77. The van der Waals surface area contributed by atoms with Gasteiger partial charge in [-0.3, -0.25) is 28.8 Å². The standard InChI is InChI=1S/C31H36FN3O8S/c1-4-20-13-31(20,29(39)33-44(41,42)23-9-10-23)14-27(37)26-12-22(16-35(26)28(38)18(3)11-21(36)5-2)43-30(40)34-15-19-7-6-8-25(32)24(19)17-34/h4-8,18,20,22-23,26H,1-2,9-17H2,3H3,(H,33,39)/t18-,20+,22?,26?,31+/m0/s1. The highest BCUT2D eigenvalue weighted by Crippen LogP contribution is 2.57. The number of fused-ring (bicyclic) bond motifs is 1. The van der Waals surface area contributed by atoms with Gasteiger partial charge < -0.3 is 9.64 Å². The smallest absolute Gasteiger partial charge is 0.410 e. The molecule has 3 amide bonds. The summed E-state index contributed by atoms with van der Waals surface area (Å²) in [4.78, 5) is 68.2. The van der Waals surface area contributed by atoms with Crippen LogP contribution < -0.4 is 4.72 Å². The number of carbonyl (C=O) groups is 5. The first kappa shape index (κ1) is 31.6. The van der Waals surface area contributed by atoms with Crippen LogP contribution in [-0.2, 0) is 47.0 Å². The normalized spacial score (nSPS) is 26.4. The fraction of sp³-hybridized carbons (Fsp3) is 0.516. The molecule has 2 heterocycles. The zero-order valence-electron chi connectivity index (χ0n) is 24.5. The van der Waals surface area contributed by atoms with Crippen molar-refractivity contribution in [3.05, 3.63) is 60.5 Å². The Morgan fingerprint density at radius 2 is 1.91 bits per heavy atom. The number of nitrogens with zero attached hydrogens (tertiary/aromatic N) is 2. The highest BCUT2D eigenvalue weighted by molar-refractivity contribution is 7.90. The number of benzene rings is 1. The van der Waals surface area contributed by atoms with Gasteiger partial charge in [0.25, 0.3) is 0 Å². The fourth-order valence-corrected chi connectivity index (χ4v) is 7.61. The van der Waals surface area contributed by atoms with E-state index in [1.165, 1.54) is 21.9 Å². The first-order valence-corrected chi connectivity index (χ1v) is 16.2. The quantitative estimate of drug-likeness (QED) is 0.274. The first-order valence-electron chi connectivity index (χ1n) is 14.7. The maximum atomic E-state index is 14.2. The highest BCUT2D eigenvalue weighted by atomic mass is 32.2. The molecule has 4 aliphatic rings. The van der Waals surface area contributed by atoms with Crippen LogP contribution in [-0.4, -0.2) is 71.6 Å². The summed E-state index contributed by atoms with van der Waals surface area (Å²) in [5, 5.41) is -0.627. The van der Waals surface area contributed by atoms with Crippen molar-refractivity contribution in [2.45, 2.75) is 75.9 Å². The molecule has 1 aromatic carbocycles. The maximum Gasteiger partial charge on any atom is 0.410 e. The highest BCUT2D eigenvalue weighted by Gasteiger charge is 2.61. The van der Waals surface area contributed by atoms with Crippen LogP contribution in [0, 0.1) is 23.1 Å². The Balaban J connectivity index is 1.32. The number of ketones is 2. The average molecular weight is 630 g/mol. The van der Waals surface area contributed by atoms with E-state index in [9.17, 15) is 36.8 Å². The molecule has 3 fully saturated rings. The number of rotatable bonds is 12. The summed E-state index contributed by atoms with van der Waals surface area (Å²) in [6, 6.07) is 3.51. The second kappa shape index (κ2) is 11.9. The van der Waals surface area contributed by atoms with E-state index < -0.39 is 74.2 Å². The van der Waals surface area contributed by atoms with Gasteiger partial charge in [0.1, 0.15) is 11.9 Å². The summed E-state index contributed by atoms with van der Waals surface area (Å²) in [7, 11) is -3.85. The Kier molecular flexibility index (Phi) is 8.54. The Morgan fingerprint density at radius 3 is 2.52 bits per heavy atom. The second-order valence-corrected chi connectivity index (χ2v) is 14.2. The van der Waals surface area contributed by atoms with Gasteiger partial charge in [0.2, 0.25) is 21.8 Å². The molecule has 1 N–H and O–H groups in total. The maximum absolute atomic E-state index is 14.2. The minimum atomic E-state index is -3.85. The van der Waals surface area contributed by atoms with Gasteiger partial charge in [-0.2, -0.15) is 0 Å². The fourth-order valence-electron chi connectivity index (χ4n) is 6.22. The van der Waals surface area contributed by atoms with Gasteiger partial charge in [-0.1, -0.05) is 31.7 Å². The lowest BCUT2D eigenvalue weighted by molar-refractivity contribution is -0.142. The van der Waals surface area contributed by atoms with E-state index in [-0.39, 0.29) is 51.1 Å². The van der Waals surface area contributed by atoms with Gasteiger partial charge >= 0.3 is 6.09 Å². The van der Waals surface area contributed by atoms with Gasteiger partial charge in [0.05, 0.1) is 29.8 Å². The lowest BCUT2D eigenvalue weighted by Gasteiger charge is -2.27. The molecule has 11 nitrogen and oxygen atoms in total. The number of ether oxygens (including phenoxy) is 1. The molecule has 236 valence electrons. The van der Waals surface area contributed by atoms with E-state index in [1.54, 1.807) is 19.1 Å². The Morgan fingerprint density at radius 1 is 1.18 bits per heavy atom. The number of allylic oxidation sites excluding steroid dienone is 2. The first-order chi connectivity index (χ1) is 20.8. The van der Waals surface area contributed by atoms with E-state index in [2.05, 4.69) is 17.9 Å². The van der Waals surface area contributed by atoms with E-state index in [0.717, 1.165) is 6.08 Å². The molecule has 1 saturated heterocycles. The molecule has 44 heavy (non-hydrogen) atoms. The average Bonchev–Trinajstić information content (AvgIpc) is 3.87. The summed E-state index contributed by atoms with van der Waals surface area (Å²) in [6.45, 7) is 8.75. The lowest BCUT2D eigenvalue weighted by atomic mass is 9.91. The van der Waals surface area contributed by atoms with E-state index in [1.807, 2.05) is 0 Å². The zero-order valence-corrected chi connectivity index (χ0v) is 25.3. The third-order valence-corrected chi connectivity index (χ3v) is 10.9. The summed E-state index contributed by atoms with van der Waals surface area (Å²) >= 11 is 0. The van der Waals surface area contributed by atoms with Crippen LogP contribution in [0.4, 0.5) is 9.18 Å². The van der Waals surface area contributed by atoms with E-state index in [4.69, 9.17) is 4.74 Å². The predicted octanol–water partition coefficient (Wildman–Crippen LogP) is 2.79. The van der Waals surface area contributed by atoms with Crippen molar-refractivity contribution in [1.29, 1.82) is 0 Å². The van der Waals surface area contributed by atoms with Crippen LogP contribution in [0.5, 0.6) is 0 Å². The summed E-state index contributed by atoms with van der Waals surface area (Å²) < 4.78 is 47.0. The van der Waals surface area contributed by atoms with Crippen LogP contribution in [0.1, 0.15) is 56.6 Å². The molecule has 13 heteroatoms. The Labute approximate surface area is 255 Å². The van der Waals surface area contributed by atoms with Crippen LogP contribution in [0.3, 0.4) is 0 Å². The van der Waals surface area contributed by atoms with Crippen LogP contribution >= 0.6 is 0 Å². The van der Waals surface area contributed by atoms with E-state index in [0.29, 0.717) is 24.0 Å². The van der Waals surface area contributed by atoms with Crippen molar-refractivity contribution in [1.82, 2.24) is 14.5 Å². The largest absolute Gasteiger partial charge is 0.444 e. The molecule has 5 atom stereocenters. The van der Waals surface area contributed by atoms with Gasteiger partial charge in [-0.15, -0.1) is 6.58 Å². The van der Waals surface area contributed by atoms with Crippen molar-refractivity contribution in [2.24, 2.45) is 17.3 Å². The van der Waals surface area contributed by atoms with Gasteiger partial charge in [0.15, 0.2) is 11.6 Å². The molecule has 1 aromatic rings. The Bertz CT molecular complexity index is 1540. The van der Waals surface area contributed by atoms with Crippen molar-refractivity contribution in [3.8, 4) is 0 Å². The third-order valence-electron chi connectivity index (χ3n) is 9.08. The molecule has 0 bridgehead atoms. The van der Waals surface area contributed by atoms with Crippen LogP contribution in [0.15, 0.2) is 43.5 Å². The van der Waals surface area contributed by atoms with Crippen molar-refractivity contribution >= 4 is 39.5 Å². The molecule has 2 aliphatic heterocycles. The molecular formula is C31H36FN3O8S. The number of sulfonamides is 1. The molecule has 5 rings (SSSR count). The molecule has 0 spiro atoms. The molecule has 2 aliphatic carbocycles. The topological polar surface area (TPSA) is 147 Å². The molecular weight excluding hydrogens is 593 g/mol. The summed E-state index contributed by atoms with van der Waals surface area (Å²) in [5.41, 5.74) is -0.262. The minimum Gasteiger partial charge on any atom is -0.444 e. The molecule has 2 unspecified atom stereocenters. The number of hydrogen-bond donors (Lipinski definition) is 1. The van der Waals surface area contributed by atoms with Gasteiger partial charge in [-0.25, -0.2) is 17.6 Å². The zero-order chi connectivity index (χ0) is 32.0. The number of Topliss-reactive ketones (excluding diaryl/α,β-unsaturated/α-hetero) is 1. The van der Waals surface area contributed by atoms with Crippen LogP contribution in [0.2, 0.25) is 0 Å². The molecule has 0 aromatic heterocycles. The third kappa shape index (κ3) is 6.19. The van der Waals surface area contributed by atoms with Gasteiger partial charge in [0, 0.05) is 37.3 Å². The minimum absolute atomic E-state index is 0.0175. The number of halogens is 1. The van der Waals surface area contributed by atoms with E-state index >= 15 is 0 Å². The van der Waals surface area contributed by atoms with Crippen LogP contribution in [0.25, 0.3) is 0 Å². The number of amides is 3. The molecule has 0 radical (unpaired) electrons. The Hall–Kier alpha value is -3.87. The second-order valence-electron chi connectivity index (χ2n) is 12.3. The monoisotopic (exact) mass is 629 g/mol. The summed E-state index contributed by atoms with van der Waals surface area (Å²) in [6.07, 6.45) is 1.64. The molecule has 2 saturated carbocycles. The number of nitrogens with one attached hydrogen (secondary N) is 1. The van der Waals surface area contributed by atoms with Crippen molar-refractivity contribution < 1.29 is 41.5 Å². The number of likely N-dealkylation sites (tertiary alicyclic amines) is 1. The van der Waals surface area contributed by atoms with Gasteiger partial charge in [-0.05, 0) is 42.9 Å². The lowest BCUT2D eigenvalue weighted by Crippen LogP contribution is -2.46. The van der Waals surface area contributed by atoms with Crippen molar-refractivity contribution in [3.63, 3.8) is 0 Å². The number of carbonyl (C=O) groups excluding carboxylic acids is 5. The number of hydrogen-bond acceptors (Lipinski definition) is 8. The predicted molar refractivity (Wildman–Crippen MR) is 155 cm³/mol.